The minimum Gasteiger partial charge on any atom is -0.351 e. The van der Waals surface area contributed by atoms with Crippen LogP contribution in [0.1, 0.15) is 25.3 Å². The lowest BCUT2D eigenvalue weighted by molar-refractivity contribution is -0.123. The van der Waals surface area contributed by atoms with Gasteiger partial charge in [0.05, 0.1) is 4.75 Å². The van der Waals surface area contributed by atoms with Gasteiger partial charge in [-0.3, -0.25) is 4.79 Å². The van der Waals surface area contributed by atoms with E-state index in [2.05, 4.69) is 21.2 Å². The van der Waals surface area contributed by atoms with Gasteiger partial charge >= 0.3 is 0 Å². The van der Waals surface area contributed by atoms with Crippen LogP contribution in [-0.4, -0.2) is 16.4 Å². The molecule has 2 nitrogen and oxygen atoms in total. The number of benzene rings is 1. The van der Waals surface area contributed by atoms with Crippen molar-refractivity contribution in [2.75, 3.05) is 5.75 Å². The van der Waals surface area contributed by atoms with E-state index in [1.165, 1.54) is 6.07 Å². The van der Waals surface area contributed by atoms with Crippen LogP contribution in [-0.2, 0) is 11.3 Å². The van der Waals surface area contributed by atoms with Gasteiger partial charge in [0.2, 0.25) is 5.91 Å². The van der Waals surface area contributed by atoms with Crippen LogP contribution in [0.5, 0.6) is 0 Å². The van der Waals surface area contributed by atoms with Crippen molar-refractivity contribution in [3.63, 3.8) is 0 Å². The normalized spacial score (nSPS) is 23.1. The highest BCUT2D eigenvalue weighted by Gasteiger charge is 2.36. The molecule has 18 heavy (non-hydrogen) atoms. The van der Waals surface area contributed by atoms with Gasteiger partial charge in [-0.05, 0) is 43.7 Å². The van der Waals surface area contributed by atoms with Crippen molar-refractivity contribution in [3.05, 3.63) is 34.1 Å². The zero-order valence-electron chi connectivity index (χ0n) is 10.1. The second-order valence-corrected chi connectivity index (χ2v) is 7.11. The summed E-state index contributed by atoms with van der Waals surface area (Å²) in [5, 5.41) is 2.83. The van der Waals surface area contributed by atoms with Gasteiger partial charge in [-0.15, -0.1) is 11.8 Å². The maximum Gasteiger partial charge on any atom is 0.236 e. The van der Waals surface area contributed by atoms with Crippen molar-refractivity contribution < 1.29 is 9.18 Å². The van der Waals surface area contributed by atoms with Gasteiger partial charge in [0, 0.05) is 16.6 Å². The topological polar surface area (TPSA) is 29.1 Å². The lowest BCUT2D eigenvalue weighted by Crippen LogP contribution is -2.40. The first-order valence-corrected chi connectivity index (χ1v) is 7.65. The van der Waals surface area contributed by atoms with Gasteiger partial charge in [-0.25, -0.2) is 4.39 Å². The quantitative estimate of drug-likeness (QED) is 0.918. The molecule has 1 N–H and O–H groups in total. The minimum atomic E-state index is -0.345. The third-order valence-corrected chi connectivity index (χ3v) is 5.16. The van der Waals surface area contributed by atoms with E-state index in [-0.39, 0.29) is 23.0 Å². The number of carbonyl (C=O) groups is 1. The van der Waals surface area contributed by atoms with Crippen molar-refractivity contribution in [2.45, 2.75) is 31.1 Å². The van der Waals surface area contributed by atoms with E-state index in [0.29, 0.717) is 5.56 Å². The molecule has 1 unspecified atom stereocenters. The van der Waals surface area contributed by atoms with Crippen LogP contribution in [0.3, 0.4) is 0 Å². The number of thioether (sulfide) groups is 1. The molecular formula is C13H15BrFNOS. The zero-order chi connectivity index (χ0) is 13.2. The third kappa shape index (κ3) is 3.06. The summed E-state index contributed by atoms with van der Waals surface area (Å²) in [6.45, 7) is 2.19. The Labute approximate surface area is 119 Å². The molecule has 98 valence electrons. The molecule has 0 radical (unpaired) electrons. The largest absolute Gasteiger partial charge is 0.351 e. The maximum absolute atomic E-state index is 13.5. The highest BCUT2D eigenvalue weighted by molar-refractivity contribution is 9.10. The van der Waals surface area contributed by atoms with Crippen LogP contribution in [0.4, 0.5) is 4.39 Å². The number of carbonyl (C=O) groups excluding carboxylic acids is 1. The van der Waals surface area contributed by atoms with E-state index < -0.39 is 0 Å². The van der Waals surface area contributed by atoms with E-state index in [4.69, 9.17) is 0 Å². The van der Waals surface area contributed by atoms with Crippen molar-refractivity contribution >= 4 is 33.6 Å². The summed E-state index contributed by atoms with van der Waals surface area (Å²) >= 11 is 4.98. The molecule has 0 aromatic heterocycles. The summed E-state index contributed by atoms with van der Waals surface area (Å²) < 4.78 is 14.0. The van der Waals surface area contributed by atoms with Crippen LogP contribution in [0.15, 0.2) is 22.7 Å². The van der Waals surface area contributed by atoms with Crippen molar-refractivity contribution in [1.29, 1.82) is 0 Å². The van der Waals surface area contributed by atoms with Crippen LogP contribution < -0.4 is 5.32 Å². The minimum absolute atomic E-state index is 0.00405. The molecule has 1 aliphatic rings. The molecule has 1 aliphatic heterocycles. The van der Waals surface area contributed by atoms with Crippen molar-refractivity contribution in [1.82, 2.24) is 5.32 Å². The van der Waals surface area contributed by atoms with Gasteiger partial charge in [-0.2, -0.15) is 0 Å². The summed E-state index contributed by atoms with van der Waals surface area (Å²) in [5.74, 6) is 0.738. The second kappa shape index (κ2) is 5.61. The molecule has 1 aromatic carbocycles. The van der Waals surface area contributed by atoms with Gasteiger partial charge in [0.15, 0.2) is 0 Å². The average Bonchev–Trinajstić information content (AvgIpc) is 2.78. The fourth-order valence-corrected chi connectivity index (χ4v) is 3.64. The third-order valence-electron chi connectivity index (χ3n) is 3.15. The Hall–Kier alpha value is -0.550. The molecule has 1 aromatic rings. The number of halogens is 2. The Balaban J connectivity index is 1.99. The molecule has 1 saturated heterocycles. The van der Waals surface area contributed by atoms with E-state index in [0.717, 1.165) is 23.1 Å². The monoisotopic (exact) mass is 331 g/mol. The first-order chi connectivity index (χ1) is 8.51. The SMILES string of the molecule is CC1(C(=O)NCc2cc(Br)ccc2F)CCCS1. The summed E-state index contributed by atoms with van der Waals surface area (Å²) in [6.07, 6.45) is 1.96. The van der Waals surface area contributed by atoms with Crippen molar-refractivity contribution in [2.24, 2.45) is 0 Å². The number of amides is 1. The van der Waals surface area contributed by atoms with Gasteiger partial charge in [-0.1, -0.05) is 15.9 Å². The molecule has 1 fully saturated rings. The molecule has 0 saturated carbocycles. The Morgan fingerprint density at radius 3 is 3.06 bits per heavy atom. The molecule has 5 heteroatoms. The van der Waals surface area contributed by atoms with Gasteiger partial charge in [0.1, 0.15) is 5.82 Å². The lowest BCUT2D eigenvalue weighted by atomic mass is 10.0. The maximum atomic E-state index is 13.5. The van der Waals surface area contributed by atoms with E-state index in [9.17, 15) is 9.18 Å². The Morgan fingerprint density at radius 2 is 2.39 bits per heavy atom. The number of nitrogens with one attached hydrogen (secondary N) is 1. The summed E-state index contributed by atoms with van der Waals surface area (Å²) in [6, 6.07) is 4.74. The smallest absolute Gasteiger partial charge is 0.236 e. The summed E-state index contributed by atoms with van der Waals surface area (Å²) in [4.78, 5) is 12.1. The summed E-state index contributed by atoms with van der Waals surface area (Å²) in [7, 11) is 0. The predicted octanol–water partition coefficient (Wildman–Crippen LogP) is 3.49. The van der Waals surface area contributed by atoms with E-state index in [1.807, 2.05) is 6.92 Å². The number of hydrogen-bond acceptors (Lipinski definition) is 2. The van der Waals surface area contributed by atoms with Crippen LogP contribution >= 0.6 is 27.7 Å². The van der Waals surface area contributed by atoms with Crippen molar-refractivity contribution in [3.8, 4) is 0 Å². The fraction of sp³-hybridized carbons (Fsp3) is 0.462. The van der Waals surface area contributed by atoms with E-state index >= 15 is 0 Å². The van der Waals surface area contributed by atoms with Gasteiger partial charge in [0.25, 0.3) is 0 Å². The molecule has 2 rings (SSSR count). The Morgan fingerprint density at radius 1 is 1.61 bits per heavy atom. The second-order valence-electron chi connectivity index (χ2n) is 4.60. The standard InChI is InChI=1S/C13H15BrFNOS/c1-13(5-2-6-18-13)12(17)16-8-9-7-10(14)3-4-11(9)15/h3-4,7H,2,5-6,8H2,1H3,(H,16,17). The van der Waals surface area contributed by atoms with Crippen LogP contribution in [0.2, 0.25) is 0 Å². The fourth-order valence-electron chi connectivity index (χ4n) is 2.00. The predicted molar refractivity (Wildman–Crippen MR) is 76.0 cm³/mol. The summed E-state index contributed by atoms with van der Waals surface area (Å²) in [5.41, 5.74) is 0.504. The highest BCUT2D eigenvalue weighted by atomic mass is 79.9. The molecule has 0 aliphatic carbocycles. The van der Waals surface area contributed by atoms with Gasteiger partial charge < -0.3 is 5.32 Å². The molecular weight excluding hydrogens is 317 g/mol. The Bertz CT molecular complexity index is 460. The molecule has 0 bridgehead atoms. The van der Waals surface area contributed by atoms with Crippen LogP contribution in [0, 0.1) is 5.82 Å². The van der Waals surface area contributed by atoms with Crippen LogP contribution in [0.25, 0.3) is 0 Å². The Kier molecular flexibility index (Phi) is 4.33. The first-order valence-electron chi connectivity index (χ1n) is 5.87. The average molecular weight is 332 g/mol. The highest BCUT2D eigenvalue weighted by Crippen LogP contribution is 2.37. The number of rotatable bonds is 3. The van der Waals surface area contributed by atoms with E-state index in [1.54, 1.807) is 23.9 Å². The first kappa shape index (κ1) is 13.9. The molecule has 0 spiro atoms. The molecule has 1 heterocycles. The molecule has 1 amide bonds. The number of hydrogen-bond donors (Lipinski definition) is 1. The lowest BCUT2D eigenvalue weighted by Gasteiger charge is -2.21. The zero-order valence-corrected chi connectivity index (χ0v) is 12.5. The molecule has 1 atom stereocenters.